The number of alkyl halides is 3. The number of amides is 3. The molecular weight excluding hydrogens is 451 g/mol. The van der Waals surface area contributed by atoms with Gasteiger partial charge < -0.3 is 20.3 Å². The number of carbonyl (C=O) groups is 3. The van der Waals surface area contributed by atoms with Crippen LogP contribution in [0, 0.1) is 11.8 Å². The second-order valence-electron chi connectivity index (χ2n) is 8.42. The van der Waals surface area contributed by atoms with Crippen molar-refractivity contribution in [3.63, 3.8) is 0 Å². The Labute approximate surface area is 195 Å². The summed E-state index contributed by atoms with van der Waals surface area (Å²) in [5.41, 5.74) is -0.710. The Balaban J connectivity index is 1.54. The molecule has 0 radical (unpaired) electrons. The number of ether oxygens (including phenoxy) is 1. The summed E-state index contributed by atoms with van der Waals surface area (Å²) < 4.78 is 44.5. The molecule has 3 amide bonds. The highest BCUT2D eigenvalue weighted by molar-refractivity contribution is 6.00. The monoisotopic (exact) mass is 477 g/mol. The molecule has 1 aliphatic rings. The van der Waals surface area contributed by atoms with E-state index in [4.69, 9.17) is 4.74 Å². The van der Waals surface area contributed by atoms with Gasteiger partial charge in [-0.3, -0.25) is 14.4 Å². The molecule has 1 heterocycles. The molecule has 2 aromatic rings. The van der Waals surface area contributed by atoms with Gasteiger partial charge in [-0.15, -0.1) is 0 Å². The number of hydrogen-bond acceptors (Lipinski definition) is 4. The van der Waals surface area contributed by atoms with Crippen molar-refractivity contribution in [2.24, 2.45) is 11.8 Å². The van der Waals surface area contributed by atoms with Crippen LogP contribution in [0.5, 0.6) is 5.75 Å². The minimum Gasteiger partial charge on any atom is -0.484 e. The van der Waals surface area contributed by atoms with E-state index in [0.29, 0.717) is 23.9 Å². The molecule has 182 valence electrons. The lowest BCUT2D eigenvalue weighted by molar-refractivity contribution is -0.137. The number of para-hydroxylation sites is 1. The normalized spacial score (nSPS) is 16.0. The predicted octanol–water partition coefficient (Wildman–Crippen LogP) is 3.85. The molecule has 0 bridgehead atoms. The zero-order valence-corrected chi connectivity index (χ0v) is 18.8. The Morgan fingerprint density at radius 1 is 1.12 bits per heavy atom. The predicted molar refractivity (Wildman–Crippen MR) is 120 cm³/mol. The number of rotatable bonds is 8. The minimum atomic E-state index is -4.60. The number of nitrogens with one attached hydrogen (secondary N) is 2. The molecule has 2 aromatic carbocycles. The average Bonchev–Trinajstić information content (AvgIpc) is 3.17. The zero-order chi connectivity index (χ0) is 24.9. The molecule has 1 atom stereocenters. The van der Waals surface area contributed by atoms with Crippen molar-refractivity contribution >= 4 is 29.1 Å². The number of carbonyl (C=O) groups excluding carboxylic acids is 3. The van der Waals surface area contributed by atoms with Gasteiger partial charge in [0, 0.05) is 25.2 Å². The molecular formula is C24H26F3N3O4. The maximum absolute atomic E-state index is 13.0. The van der Waals surface area contributed by atoms with Gasteiger partial charge in [-0.05, 0) is 42.3 Å². The number of hydrogen-bond donors (Lipinski definition) is 2. The van der Waals surface area contributed by atoms with Crippen LogP contribution in [0.25, 0.3) is 0 Å². The number of nitrogens with zero attached hydrogens (tertiary/aromatic N) is 1. The van der Waals surface area contributed by atoms with E-state index in [0.717, 1.165) is 6.07 Å². The summed E-state index contributed by atoms with van der Waals surface area (Å²) in [6.45, 7) is 4.29. The van der Waals surface area contributed by atoms with Gasteiger partial charge in [0.1, 0.15) is 5.75 Å². The molecule has 0 aliphatic carbocycles. The van der Waals surface area contributed by atoms with Gasteiger partial charge in [-0.25, -0.2) is 0 Å². The molecule has 1 aliphatic heterocycles. The Morgan fingerprint density at radius 3 is 2.44 bits per heavy atom. The molecule has 1 fully saturated rings. The van der Waals surface area contributed by atoms with E-state index in [9.17, 15) is 27.6 Å². The SMILES string of the molecule is CC(C)CNC(=O)[C@@H]1CC(=O)N(c2ccc(OCC(=O)Nc3ccccc3C(F)(F)F)cc2)C1. The summed E-state index contributed by atoms with van der Waals surface area (Å²) in [5, 5.41) is 5.05. The summed E-state index contributed by atoms with van der Waals surface area (Å²) in [4.78, 5) is 38.3. The first-order chi connectivity index (χ1) is 16.0. The standard InChI is InChI=1S/C24H26F3N3O4/c1-15(2)12-28-23(33)16-11-22(32)30(13-16)17-7-9-18(10-8-17)34-14-21(31)29-20-6-4-3-5-19(20)24(25,26)27/h3-10,15-16H,11-14H2,1-2H3,(H,28,33)(H,29,31)/t16-/m1/s1. The summed E-state index contributed by atoms with van der Waals surface area (Å²) in [6.07, 6.45) is -4.47. The summed E-state index contributed by atoms with van der Waals surface area (Å²) in [7, 11) is 0. The van der Waals surface area contributed by atoms with E-state index in [1.54, 1.807) is 24.3 Å². The Kier molecular flexibility index (Phi) is 7.80. The van der Waals surface area contributed by atoms with Crippen LogP contribution in [0.4, 0.5) is 24.5 Å². The van der Waals surface area contributed by atoms with Crippen molar-refractivity contribution in [3.8, 4) is 5.75 Å². The third-order valence-electron chi connectivity index (χ3n) is 5.21. The third kappa shape index (κ3) is 6.49. The van der Waals surface area contributed by atoms with E-state index in [2.05, 4.69) is 10.6 Å². The van der Waals surface area contributed by atoms with Gasteiger partial charge in [-0.2, -0.15) is 13.2 Å². The van der Waals surface area contributed by atoms with Crippen molar-refractivity contribution in [2.75, 3.05) is 29.9 Å². The zero-order valence-electron chi connectivity index (χ0n) is 18.8. The lowest BCUT2D eigenvalue weighted by Gasteiger charge is -2.17. The van der Waals surface area contributed by atoms with Gasteiger partial charge >= 0.3 is 6.18 Å². The van der Waals surface area contributed by atoms with E-state index < -0.39 is 30.2 Å². The van der Waals surface area contributed by atoms with Crippen molar-refractivity contribution in [1.29, 1.82) is 0 Å². The molecule has 0 unspecified atom stereocenters. The van der Waals surface area contributed by atoms with Crippen LogP contribution in [0.3, 0.4) is 0 Å². The van der Waals surface area contributed by atoms with Gasteiger partial charge in [0.15, 0.2) is 6.61 Å². The molecule has 0 saturated carbocycles. The fourth-order valence-corrected chi connectivity index (χ4v) is 3.48. The maximum Gasteiger partial charge on any atom is 0.418 e. The molecule has 1 saturated heterocycles. The number of halogens is 3. The van der Waals surface area contributed by atoms with Crippen LogP contribution in [0.15, 0.2) is 48.5 Å². The van der Waals surface area contributed by atoms with Crippen molar-refractivity contribution < 1.29 is 32.3 Å². The van der Waals surface area contributed by atoms with Crippen LogP contribution < -0.4 is 20.3 Å². The minimum absolute atomic E-state index is 0.127. The molecule has 2 N–H and O–H groups in total. The molecule has 0 spiro atoms. The quantitative estimate of drug-likeness (QED) is 0.605. The molecule has 7 nitrogen and oxygen atoms in total. The smallest absolute Gasteiger partial charge is 0.418 e. The molecule has 34 heavy (non-hydrogen) atoms. The second-order valence-corrected chi connectivity index (χ2v) is 8.42. The lowest BCUT2D eigenvalue weighted by Crippen LogP contribution is -2.35. The van der Waals surface area contributed by atoms with Gasteiger partial charge in [0.2, 0.25) is 11.8 Å². The largest absolute Gasteiger partial charge is 0.484 e. The molecule has 10 heteroatoms. The summed E-state index contributed by atoms with van der Waals surface area (Å²) >= 11 is 0. The Bertz CT molecular complexity index is 1040. The average molecular weight is 477 g/mol. The first kappa shape index (κ1) is 25.1. The first-order valence-corrected chi connectivity index (χ1v) is 10.8. The highest BCUT2D eigenvalue weighted by Crippen LogP contribution is 2.34. The van der Waals surface area contributed by atoms with E-state index >= 15 is 0 Å². The second kappa shape index (κ2) is 10.6. The van der Waals surface area contributed by atoms with Gasteiger partial charge in [0.25, 0.3) is 5.91 Å². The van der Waals surface area contributed by atoms with Crippen LogP contribution in [0.2, 0.25) is 0 Å². The Morgan fingerprint density at radius 2 is 1.79 bits per heavy atom. The third-order valence-corrected chi connectivity index (χ3v) is 5.21. The first-order valence-electron chi connectivity index (χ1n) is 10.8. The van der Waals surface area contributed by atoms with Gasteiger partial charge in [-0.1, -0.05) is 26.0 Å². The summed E-state index contributed by atoms with van der Waals surface area (Å²) in [5.74, 6) is -0.869. The fourth-order valence-electron chi connectivity index (χ4n) is 3.48. The van der Waals surface area contributed by atoms with Gasteiger partial charge in [0.05, 0.1) is 17.2 Å². The maximum atomic E-state index is 13.0. The molecule has 3 rings (SSSR count). The topological polar surface area (TPSA) is 87.7 Å². The number of benzene rings is 2. The Hall–Kier alpha value is -3.56. The lowest BCUT2D eigenvalue weighted by atomic mass is 10.1. The highest BCUT2D eigenvalue weighted by Gasteiger charge is 2.35. The molecule has 0 aromatic heterocycles. The van der Waals surface area contributed by atoms with Crippen molar-refractivity contribution in [3.05, 3.63) is 54.1 Å². The number of anilines is 2. The van der Waals surface area contributed by atoms with E-state index in [-0.39, 0.29) is 30.5 Å². The summed E-state index contributed by atoms with van der Waals surface area (Å²) in [6, 6.07) is 11.0. The van der Waals surface area contributed by atoms with E-state index in [1.807, 2.05) is 13.8 Å². The van der Waals surface area contributed by atoms with E-state index in [1.165, 1.54) is 23.1 Å². The highest BCUT2D eigenvalue weighted by atomic mass is 19.4. The van der Waals surface area contributed by atoms with Crippen LogP contribution in [0.1, 0.15) is 25.8 Å². The van der Waals surface area contributed by atoms with Crippen molar-refractivity contribution in [2.45, 2.75) is 26.4 Å². The van der Waals surface area contributed by atoms with Crippen molar-refractivity contribution in [1.82, 2.24) is 5.32 Å². The van der Waals surface area contributed by atoms with Crippen LogP contribution in [-0.2, 0) is 20.6 Å². The fraction of sp³-hybridized carbons (Fsp3) is 0.375. The van der Waals surface area contributed by atoms with Crippen LogP contribution in [-0.4, -0.2) is 37.4 Å². The van der Waals surface area contributed by atoms with Crippen LogP contribution >= 0.6 is 0 Å².